The summed E-state index contributed by atoms with van der Waals surface area (Å²) < 4.78 is 71.4. The van der Waals surface area contributed by atoms with E-state index in [1.165, 1.54) is 0 Å². The zero-order valence-electron chi connectivity index (χ0n) is 14.1. The highest BCUT2D eigenvalue weighted by molar-refractivity contribution is 7.89. The first-order chi connectivity index (χ1) is 11.4. The summed E-state index contributed by atoms with van der Waals surface area (Å²) in [5, 5.41) is 0. The van der Waals surface area contributed by atoms with Crippen LogP contribution in [0.5, 0.6) is 0 Å². The van der Waals surface area contributed by atoms with Crippen LogP contribution in [0.3, 0.4) is 0 Å². The number of alkyl halides is 3. The second-order valence-electron chi connectivity index (χ2n) is 6.20. The molecule has 1 saturated carbocycles. The molecule has 1 fully saturated rings. The Morgan fingerprint density at radius 2 is 1.92 bits per heavy atom. The largest absolute Gasteiger partial charge is 0.465 e. The number of methoxy groups -OCH3 is 1. The normalized spacial score (nSPS) is 17.2. The zero-order chi connectivity index (χ0) is 19.0. The highest BCUT2D eigenvalue weighted by atomic mass is 35.5. The molecule has 0 bridgehead atoms. The molecule has 1 aliphatic rings. The Morgan fingerprint density at radius 3 is 2.35 bits per heavy atom. The van der Waals surface area contributed by atoms with Crippen LogP contribution in [0.15, 0.2) is 23.1 Å². The van der Waals surface area contributed by atoms with Gasteiger partial charge in [0.15, 0.2) is 0 Å². The molecule has 1 aliphatic carbocycles. The van der Waals surface area contributed by atoms with Gasteiger partial charge in [0.2, 0.25) is 10.0 Å². The van der Waals surface area contributed by atoms with Gasteiger partial charge < -0.3 is 10.5 Å². The molecule has 148 valence electrons. The average Bonchev–Trinajstić information content (AvgIpc) is 3.37. The van der Waals surface area contributed by atoms with Crippen molar-refractivity contribution < 1.29 is 31.1 Å². The number of halogens is 4. The average molecular weight is 417 g/mol. The smallest absolute Gasteiger partial charge is 0.417 e. The zero-order valence-corrected chi connectivity index (χ0v) is 15.7. The summed E-state index contributed by atoms with van der Waals surface area (Å²) >= 11 is 0. The van der Waals surface area contributed by atoms with Gasteiger partial charge in [0.1, 0.15) is 0 Å². The minimum absolute atomic E-state index is 0. The van der Waals surface area contributed by atoms with Crippen LogP contribution in [0.4, 0.5) is 13.2 Å². The molecule has 6 nitrogen and oxygen atoms in total. The fraction of sp³-hybridized carbons (Fsp3) is 0.533. The molecular formula is C15H20ClF3N2O4S. The van der Waals surface area contributed by atoms with E-state index in [4.69, 9.17) is 5.73 Å². The standard InChI is InChI=1S/C15H19F3N2O4S.ClH/c1-14(8-19,9-3-4-9)20-25(22,23)10-5-6-11(13(21)24-2)12(7-10)15(16,17)18;/h5-7,9,20H,3-4,8,19H2,1-2H3;1H. The number of hydrogen-bond acceptors (Lipinski definition) is 5. The molecule has 0 saturated heterocycles. The van der Waals surface area contributed by atoms with Crippen molar-refractivity contribution in [2.24, 2.45) is 11.7 Å². The predicted molar refractivity (Wildman–Crippen MR) is 90.5 cm³/mol. The first kappa shape index (κ1) is 22.7. The van der Waals surface area contributed by atoms with Gasteiger partial charge in [-0.15, -0.1) is 12.4 Å². The lowest BCUT2D eigenvalue weighted by Crippen LogP contribution is -2.53. The van der Waals surface area contributed by atoms with E-state index in [0.717, 1.165) is 32.1 Å². The van der Waals surface area contributed by atoms with Gasteiger partial charge in [-0.1, -0.05) is 0 Å². The number of carbonyl (C=O) groups excluding carboxylic acids is 1. The molecule has 0 radical (unpaired) electrons. The quantitative estimate of drug-likeness (QED) is 0.693. The molecular weight excluding hydrogens is 397 g/mol. The van der Waals surface area contributed by atoms with Crippen molar-refractivity contribution in [1.29, 1.82) is 0 Å². The lowest BCUT2D eigenvalue weighted by atomic mass is 9.98. The molecule has 1 aromatic rings. The van der Waals surface area contributed by atoms with Crippen LogP contribution in [0, 0.1) is 5.92 Å². The van der Waals surface area contributed by atoms with Crippen molar-refractivity contribution in [3.8, 4) is 0 Å². The number of rotatable bonds is 6. The van der Waals surface area contributed by atoms with E-state index in [1.54, 1.807) is 6.92 Å². The fourth-order valence-electron chi connectivity index (χ4n) is 2.59. The van der Waals surface area contributed by atoms with E-state index in [-0.39, 0.29) is 24.9 Å². The molecule has 2 rings (SSSR count). The van der Waals surface area contributed by atoms with Gasteiger partial charge in [-0.05, 0) is 43.9 Å². The maximum atomic E-state index is 13.2. The van der Waals surface area contributed by atoms with E-state index in [1.807, 2.05) is 0 Å². The van der Waals surface area contributed by atoms with E-state index in [2.05, 4.69) is 9.46 Å². The number of benzene rings is 1. The Kier molecular flexibility index (Phi) is 6.73. The Labute approximate surface area is 155 Å². The Balaban J connectivity index is 0.00000338. The van der Waals surface area contributed by atoms with Crippen LogP contribution in [0.25, 0.3) is 0 Å². The minimum atomic E-state index is -4.91. The van der Waals surface area contributed by atoms with Gasteiger partial charge in [0.25, 0.3) is 0 Å². The van der Waals surface area contributed by atoms with Crippen LogP contribution >= 0.6 is 12.4 Å². The molecule has 1 unspecified atom stereocenters. The third-order valence-electron chi connectivity index (χ3n) is 4.28. The third-order valence-corrected chi connectivity index (χ3v) is 5.89. The predicted octanol–water partition coefficient (Wildman–Crippen LogP) is 2.32. The molecule has 26 heavy (non-hydrogen) atoms. The second-order valence-corrected chi connectivity index (χ2v) is 7.88. The van der Waals surface area contributed by atoms with Crippen LogP contribution < -0.4 is 10.5 Å². The summed E-state index contributed by atoms with van der Waals surface area (Å²) in [5.41, 5.74) is 2.59. The molecule has 3 N–H and O–H groups in total. The van der Waals surface area contributed by atoms with Crippen LogP contribution in [-0.4, -0.2) is 33.6 Å². The minimum Gasteiger partial charge on any atom is -0.465 e. The number of sulfonamides is 1. The van der Waals surface area contributed by atoms with Crippen molar-refractivity contribution in [3.63, 3.8) is 0 Å². The highest BCUT2D eigenvalue weighted by Crippen LogP contribution is 2.40. The topological polar surface area (TPSA) is 98.5 Å². The van der Waals surface area contributed by atoms with Crippen LogP contribution in [-0.2, 0) is 20.9 Å². The summed E-state index contributed by atoms with van der Waals surface area (Å²) in [6.07, 6.45) is -3.32. The number of esters is 1. The lowest BCUT2D eigenvalue weighted by molar-refractivity contribution is -0.138. The number of hydrogen-bond donors (Lipinski definition) is 2. The second kappa shape index (κ2) is 7.71. The summed E-state index contributed by atoms with van der Waals surface area (Å²) in [6, 6.07) is 2.16. The van der Waals surface area contributed by atoms with Gasteiger partial charge in [-0.25, -0.2) is 17.9 Å². The first-order valence-corrected chi connectivity index (χ1v) is 8.96. The van der Waals surface area contributed by atoms with Crippen molar-refractivity contribution in [2.45, 2.75) is 36.4 Å². The summed E-state index contributed by atoms with van der Waals surface area (Å²) in [6.45, 7) is 1.64. The molecule has 0 spiro atoms. The van der Waals surface area contributed by atoms with E-state index in [0.29, 0.717) is 6.07 Å². The molecule has 11 heteroatoms. The Morgan fingerprint density at radius 1 is 1.35 bits per heavy atom. The molecule has 0 amide bonds. The van der Waals surface area contributed by atoms with Gasteiger partial charge in [0, 0.05) is 12.1 Å². The van der Waals surface area contributed by atoms with Crippen molar-refractivity contribution >= 4 is 28.4 Å². The number of carbonyl (C=O) groups is 1. The molecule has 1 aromatic carbocycles. The Bertz CT molecular complexity index is 782. The number of ether oxygens (including phenoxy) is 1. The number of nitrogens with two attached hydrogens (primary N) is 1. The molecule has 0 heterocycles. The van der Waals surface area contributed by atoms with Gasteiger partial charge in [-0.3, -0.25) is 0 Å². The number of nitrogens with one attached hydrogen (secondary N) is 1. The van der Waals surface area contributed by atoms with Crippen LogP contribution in [0.1, 0.15) is 35.7 Å². The summed E-state index contributed by atoms with van der Waals surface area (Å²) in [5.74, 6) is -1.15. The summed E-state index contributed by atoms with van der Waals surface area (Å²) in [7, 11) is -3.31. The maximum absolute atomic E-state index is 13.2. The van der Waals surface area contributed by atoms with E-state index >= 15 is 0 Å². The first-order valence-electron chi connectivity index (χ1n) is 7.48. The van der Waals surface area contributed by atoms with Crippen molar-refractivity contribution in [1.82, 2.24) is 4.72 Å². The van der Waals surface area contributed by atoms with Crippen molar-refractivity contribution in [2.75, 3.05) is 13.7 Å². The van der Waals surface area contributed by atoms with Gasteiger partial charge in [-0.2, -0.15) is 13.2 Å². The molecule has 0 aromatic heterocycles. The van der Waals surface area contributed by atoms with Crippen molar-refractivity contribution in [3.05, 3.63) is 29.3 Å². The fourth-order valence-corrected chi connectivity index (χ4v) is 4.09. The maximum Gasteiger partial charge on any atom is 0.417 e. The molecule has 0 aliphatic heterocycles. The third kappa shape index (κ3) is 4.67. The summed E-state index contributed by atoms with van der Waals surface area (Å²) in [4.78, 5) is 10.9. The Hall–Kier alpha value is -1.36. The van der Waals surface area contributed by atoms with Gasteiger partial charge >= 0.3 is 12.1 Å². The van der Waals surface area contributed by atoms with E-state index < -0.39 is 43.7 Å². The lowest BCUT2D eigenvalue weighted by Gasteiger charge is -2.29. The van der Waals surface area contributed by atoms with E-state index in [9.17, 15) is 26.4 Å². The van der Waals surface area contributed by atoms with Crippen LogP contribution in [0.2, 0.25) is 0 Å². The molecule has 1 atom stereocenters. The van der Waals surface area contributed by atoms with Gasteiger partial charge in [0.05, 0.1) is 23.1 Å². The monoisotopic (exact) mass is 416 g/mol. The highest BCUT2D eigenvalue weighted by Gasteiger charge is 2.44. The SMILES string of the molecule is COC(=O)c1ccc(S(=O)(=O)NC(C)(CN)C2CC2)cc1C(F)(F)F.Cl.